The fraction of sp³-hybridized carbons (Fsp3) is 0.375. The highest BCUT2D eigenvalue weighted by Crippen LogP contribution is 2.22. The summed E-state index contributed by atoms with van der Waals surface area (Å²) in [6.07, 6.45) is 0. The van der Waals surface area contributed by atoms with Crippen molar-refractivity contribution in [2.75, 3.05) is 33.3 Å². The second kappa shape index (κ2) is 7.00. The molecule has 1 saturated heterocycles. The molecular formula is C16H20N2O3S2. The van der Waals surface area contributed by atoms with Crippen molar-refractivity contribution in [1.82, 2.24) is 9.21 Å². The first-order valence-electron chi connectivity index (χ1n) is 7.48. The third kappa shape index (κ3) is 3.74. The predicted molar refractivity (Wildman–Crippen MR) is 91.3 cm³/mol. The predicted octanol–water partition coefficient (Wildman–Crippen LogP) is 2.26. The standard InChI is InChI=1S/C16H20N2O3S2/c1-21-15-6-4-14(5-7-15)13-17-8-10-18(11-9-17)23(19,20)16-3-2-12-22-16/h2-7,12H,8-11,13H2,1H3. The van der Waals surface area contributed by atoms with E-state index in [0.29, 0.717) is 17.3 Å². The van der Waals surface area contributed by atoms with Crippen LogP contribution >= 0.6 is 11.3 Å². The number of hydrogen-bond acceptors (Lipinski definition) is 5. The van der Waals surface area contributed by atoms with Crippen molar-refractivity contribution in [2.24, 2.45) is 0 Å². The first-order valence-corrected chi connectivity index (χ1v) is 9.80. The summed E-state index contributed by atoms with van der Waals surface area (Å²) < 4.78 is 32.2. The Morgan fingerprint density at radius 2 is 1.78 bits per heavy atom. The summed E-state index contributed by atoms with van der Waals surface area (Å²) in [6, 6.07) is 11.4. The van der Waals surface area contributed by atoms with E-state index < -0.39 is 10.0 Å². The molecule has 7 heteroatoms. The fourth-order valence-corrected chi connectivity index (χ4v) is 5.22. The van der Waals surface area contributed by atoms with E-state index >= 15 is 0 Å². The molecule has 1 fully saturated rings. The molecule has 0 bridgehead atoms. The molecule has 0 radical (unpaired) electrons. The summed E-state index contributed by atoms with van der Waals surface area (Å²) in [5.74, 6) is 0.848. The van der Waals surface area contributed by atoms with Gasteiger partial charge < -0.3 is 4.74 Å². The maximum absolute atomic E-state index is 12.5. The molecule has 0 atom stereocenters. The Bertz CT molecular complexity index is 719. The molecule has 0 saturated carbocycles. The van der Waals surface area contributed by atoms with E-state index in [4.69, 9.17) is 4.74 Å². The minimum absolute atomic E-state index is 0.432. The maximum Gasteiger partial charge on any atom is 0.252 e. The van der Waals surface area contributed by atoms with Crippen molar-refractivity contribution in [3.05, 3.63) is 47.3 Å². The summed E-state index contributed by atoms with van der Waals surface area (Å²) in [5, 5.41) is 1.80. The van der Waals surface area contributed by atoms with Gasteiger partial charge in [0.2, 0.25) is 0 Å². The molecule has 1 aromatic heterocycles. The van der Waals surface area contributed by atoms with Crippen LogP contribution < -0.4 is 4.74 Å². The first-order chi connectivity index (χ1) is 11.1. The second-order valence-electron chi connectivity index (χ2n) is 5.46. The zero-order valence-corrected chi connectivity index (χ0v) is 14.6. The van der Waals surface area contributed by atoms with Gasteiger partial charge in [0.05, 0.1) is 7.11 Å². The molecule has 1 aliphatic heterocycles. The molecule has 2 aromatic rings. The van der Waals surface area contributed by atoms with E-state index in [-0.39, 0.29) is 0 Å². The lowest BCUT2D eigenvalue weighted by molar-refractivity contribution is 0.181. The zero-order chi connectivity index (χ0) is 16.3. The zero-order valence-electron chi connectivity index (χ0n) is 13.0. The minimum atomic E-state index is -3.32. The smallest absolute Gasteiger partial charge is 0.252 e. The van der Waals surface area contributed by atoms with Gasteiger partial charge in [0, 0.05) is 32.7 Å². The lowest BCUT2D eigenvalue weighted by Crippen LogP contribution is -2.48. The van der Waals surface area contributed by atoms with Gasteiger partial charge in [-0.3, -0.25) is 4.90 Å². The fourth-order valence-electron chi connectivity index (χ4n) is 2.65. The minimum Gasteiger partial charge on any atom is -0.497 e. The van der Waals surface area contributed by atoms with Gasteiger partial charge in [-0.15, -0.1) is 11.3 Å². The molecule has 2 heterocycles. The van der Waals surface area contributed by atoms with Crippen LogP contribution in [-0.2, 0) is 16.6 Å². The average molecular weight is 352 g/mol. The van der Waals surface area contributed by atoms with Crippen LogP contribution in [0.25, 0.3) is 0 Å². The van der Waals surface area contributed by atoms with Crippen LogP contribution in [0.1, 0.15) is 5.56 Å². The van der Waals surface area contributed by atoms with E-state index in [1.54, 1.807) is 28.9 Å². The molecule has 124 valence electrons. The lowest BCUT2D eigenvalue weighted by Gasteiger charge is -2.33. The Balaban J connectivity index is 1.58. The van der Waals surface area contributed by atoms with Crippen LogP contribution in [0.5, 0.6) is 5.75 Å². The van der Waals surface area contributed by atoms with E-state index in [2.05, 4.69) is 4.90 Å². The van der Waals surface area contributed by atoms with E-state index in [1.807, 2.05) is 24.3 Å². The second-order valence-corrected chi connectivity index (χ2v) is 8.57. The molecule has 23 heavy (non-hydrogen) atoms. The van der Waals surface area contributed by atoms with Gasteiger partial charge in [0.1, 0.15) is 9.96 Å². The van der Waals surface area contributed by atoms with E-state index in [1.165, 1.54) is 16.9 Å². The third-order valence-corrected chi connectivity index (χ3v) is 7.26. The van der Waals surface area contributed by atoms with Gasteiger partial charge in [-0.1, -0.05) is 18.2 Å². The first kappa shape index (κ1) is 16.4. The molecular weight excluding hydrogens is 332 g/mol. The van der Waals surface area contributed by atoms with Gasteiger partial charge in [-0.05, 0) is 29.1 Å². The third-order valence-electron chi connectivity index (χ3n) is 3.99. The summed E-state index contributed by atoms with van der Waals surface area (Å²) in [4.78, 5) is 2.28. The van der Waals surface area contributed by atoms with Crippen molar-refractivity contribution in [3.63, 3.8) is 0 Å². The number of nitrogens with zero attached hydrogens (tertiary/aromatic N) is 2. The SMILES string of the molecule is COc1ccc(CN2CCN(S(=O)(=O)c3cccs3)CC2)cc1. The Kier molecular flexibility index (Phi) is 5.01. The highest BCUT2D eigenvalue weighted by atomic mass is 32.2. The quantitative estimate of drug-likeness (QED) is 0.828. The Morgan fingerprint density at radius 1 is 1.09 bits per heavy atom. The molecule has 0 aliphatic carbocycles. The van der Waals surface area contributed by atoms with Crippen molar-refractivity contribution in [3.8, 4) is 5.75 Å². The van der Waals surface area contributed by atoms with E-state index in [0.717, 1.165) is 25.4 Å². The molecule has 0 amide bonds. The summed E-state index contributed by atoms with van der Waals surface area (Å²) in [5.41, 5.74) is 1.21. The molecule has 5 nitrogen and oxygen atoms in total. The van der Waals surface area contributed by atoms with Crippen molar-refractivity contribution < 1.29 is 13.2 Å². The largest absolute Gasteiger partial charge is 0.497 e. The molecule has 0 spiro atoms. The van der Waals surface area contributed by atoms with Crippen LogP contribution in [0.4, 0.5) is 0 Å². The van der Waals surface area contributed by atoms with Gasteiger partial charge in [0.15, 0.2) is 0 Å². The number of methoxy groups -OCH3 is 1. The van der Waals surface area contributed by atoms with Gasteiger partial charge in [0.25, 0.3) is 10.0 Å². The number of sulfonamides is 1. The molecule has 1 aliphatic rings. The average Bonchev–Trinajstić information content (AvgIpc) is 3.11. The molecule has 0 N–H and O–H groups in total. The number of benzene rings is 1. The van der Waals surface area contributed by atoms with Crippen molar-refractivity contribution in [2.45, 2.75) is 10.8 Å². The normalized spacial score (nSPS) is 17.3. The van der Waals surface area contributed by atoms with Crippen LogP contribution in [0.3, 0.4) is 0 Å². The van der Waals surface area contributed by atoms with Gasteiger partial charge >= 0.3 is 0 Å². The molecule has 3 rings (SSSR count). The summed E-state index contributed by atoms with van der Waals surface area (Å²) in [7, 11) is -1.66. The van der Waals surface area contributed by atoms with Crippen LogP contribution in [0, 0.1) is 0 Å². The topological polar surface area (TPSA) is 49.9 Å². The monoisotopic (exact) mass is 352 g/mol. The van der Waals surface area contributed by atoms with E-state index in [9.17, 15) is 8.42 Å². The van der Waals surface area contributed by atoms with Crippen LogP contribution in [-0.4, -0.2) is 50.9 Å². The van der Waals surface area contributed by atoms with Crippen LogP contribution in [0.15, 0.2) is 46.0 Å². The summed E-state index contributed by atoms with van der Waals surface area (Å²) in [6.45, 7) is 3.40. The summed E-state index contributed by atoms with van der Waals surface area (Å²) >= 11 is 1.28. The van der Waals surface area contributed by atoms with Crippen molar-refractivity contribution in [1.29, 1.82) is 0 Å². The number of piperazine rings is 1. The van der Waals surface area contributed by atoms with Crippen LogP contribution in [0.2, 0.25) is 0 Å². The number of ether oxygens (including phenoxy) is 1. The lowest BCUT2D eigenvalue weighted by atomic mass is 10.2. The number of rotatable bonds is 5. The number of hydrogen-bond donors (Lipinski definition) is 0. The number of thiophene rings is 1. The van der Waals surface area contributed by atoms with Gasteiger partial charge in [-0.25, -0.2) is 8.42 Å². The Morgan fingerprint density at radius 3 is 2.35 bits per heavy atom. The molecule has 0 unspecified atom stereocenters. The highest BCUT2D eigenvalue weighted by Gasteiger charge is 2.28. The highest BCUT2D eigenvalue weighted by molar-refractivity contribution is 7.91. The maximum atomic E-state index is 12.5. The Hall–Kier alpha value is -1.41. The Labute approximate surface area is 141 Å². The van der Waals surface area contributed by atoms with Gasteiger partial charge in [-0.2, -0.15) is 4.31 Å². The van der Waals surface area contributed by atoms with Crippen molar-refractivity contribution >= 4 is 21.4 Å². The molecule has 1 aromatic carbocycles.